The predicted octanol–water partition coefficient (Wildman–Crippen LogP) is 3.04. The highest BCUT2D eigenvalue weighted by Gasteiger charge is 2.46. The van der Waals surface area contributed by atoms with Crippen LogP contribution in [-0.4, -0.2) is 64.2 Å². The van der Waals surface area contributed by atoms with Crippen LogP contribution in [0.4, 0.5) is 20.2 Å². The molecule has 0 saturated carbocycles. The third kappa shape index (κ3) is 4.59. The summed E-state index contributed by atoms with van der Waals surface area (Å²) in [6.07, 6.45) is 3.13. The molecule has 184 valence electrons. The van der Waals surface area contributed by atoms with Crippen LogP contribution in [0.3, 0.4) is 0 Å². The lowest BCUT2D eigenvalue weighted by Gasteiger charge is -2.48. The molecule has 34 heavy (non-hydrogen) atoms. The van der Waals surface area contributed by atoms with Crippen molar-refractivity contribution in [2.75, 3.05) is 38.5 Å². The van der Waals surface area contributed by atoms with Crippen LogP contribution in [0.25, 0.3) is 0 Å². The SMILES string of the molecule is CCCCN(C)CC1(O)CN(C(=O)c2c(Nc3ccc(C)cc3F)c(F)c(=O)n3c2CCC3)C1. The van der Waals surface area contributed by atoms with Gasteiger partial charge in [0.25, 0.3) is 11.5 Å². The molecule has 0 aliphatic carbocycles. The van der Waals surface area contributed by atoms with Crippen molar-refractivity contribution < 1.29 is 18.7 Å². The van der Waals surface area contributed by atoms with Crippen molar-refractivity contribution in [1.29, 1.82) is 0 Å². The quantitative estimate of drug-likeness (QED) is 0.615. The number of likely N-dealkylation sites (tertiary alicyclic amines) is 1. The standard InChI is InChI=1S/C25H32F2N4O3/c1-4-5-10-29(3)13-25(34)14-30(15-25)23(32)20-19-7-6-11-31(19)24(33)21(27)22(20)28-18-9-8-16(2)12-17(18)26/h8-9,12,28,34H,4-7,10-11,13-15H2,1-3H3. The van der Waals surface area contributed by atoms with E-state index in [0.717, 1.165) is 19.4 Å². The lowest BCUT2D eigenvalue weighted by Crippen LogP contribution is -2.67. The molecule has 2 N–H and O–H groups in total. The molecule has 4 rings (SSSR count). The average Bonchev–Trinajstić information content (AvgIpc) is 3.25. The number of aromatic nitrogens is 1. The monoisotopic (exact) mass is 474 g/mol. The molecule has 9 heteroatoms. The van der Waals surface area contributed by atoms with E-state index in [1.54, 1.807) is 13.0 Å². The van der Waals surface area contributed by atoms with Crippen molar-refractivity contribution in [2.24, 2.45) is 0 Å². The molecule has 2 aromatic rings. The largest absolute Gasteiger partial charge is 0.385 e. The third-order valence-corrected chi connectivity index (χ3v) is 6.63. The van der Waals surface area contributed by atoms with Gasteiger partial charge in [-0.3, -0.25) is 9.59 Å². The number of likely N-dealkylation sites (N-methyl/N-ethyl adjacent to an activating group) is 1. The number of aliphatic hydroxyl groups is 1. The molecule has 1 fully saturated rings. The number of amides is 1. The number of aryl methyl sites for hydroxylation is 1. The van der Waals surface area contributed by atoms with E-state index in [0.29, 0.717) is 37.2 Å². The second kappa shape index (κ2) is 9.46. The molecule has 2 aliphatic rings. The van der Waals surface area contributed by atoms with Crippen LogP contribution in [0.5, 0.6) is 0 Å². The van der Waals surface area contributed by atoms with Gasteiger partial charge in [0, 0.05) is 18.8 Å². The number of nitrogens with zero attached hydrogens (tertiary/aromatic N) is 3. The number of carbonyl (C=O) groups is 1. The van der Waals surface area contributed by atoms with E-state index >= 15 is 4.39 Å². The van der Waals surface area contributed by atoms with Gasteiger partial charge >= 0.3 is 0 Å². The number of carbonyl (C=O) groups excluding carboxylic acids is 1. The van der Waals surface area contributed by atoms with E-state index in [4.69, 9.17) is 0 Å². The lowest BCUT2D eigenvalue weighted by molar-refractivity contribution is -0.0947. The van der Waals surface area contributed by atoms with Gasteiger partial charge in [-0.2, -0.15) is 4.39 Å². The zero-order chi connectivity index (χ0) is 24.6. The maximum Gasteiger partial charge on any atom is 0.289 e. The van der Waals surface area contributed by atoms with E-state index in [2.05, 4.69) is 12.2 Å². The summed E-state index contributed by atoms with van der Waals surface area (Å²) in [7, 11) is 1.93. The van der Waals surface area contributed by atoms with Crippen molar-refractivity contribution in [3.8, 4) is 0 Å². The molecular formula is C25H32F2N4O3. The number of benzene rings is 1. The average molecular weight is 475 g/mol. The number of hydrogen-bond acceptors (Lipinski definition) is 5. The van der Waals surface area contributed by atoms with Gasteiger partial charge in [-0.15, -0.1) is 0 Å². The summed E-state index contributed by atoms with van der Waals surface area (Å²) in [5, 5.41) is 13.6. The predicted molar refractivity (Wildman–Crippen MR) is 127 cm³/mol. The molecule has 0 spiro atoms. The molecular weight excluding hydrogens is 442 g/mol. The fourth-order valence-electron chi connectivity index (χ4n) is 4.92. The number of β-amino-alcohol motifs (C(OH)–C–C–N with tert-alkyl or cyclic N) is 1. The highest BCUT2D eigenvalue weighted by atomic mass is 19.1. The van der Waals surface area contributed by atoms with E-state index in [9.17, 15) is 19.1 Å². The van der Waals surface area contributed by atoms with Crippen LogP contribution in [0.2, 0.25) is 0 Å². The minimum absolute atomic E-state index is 0.0152. The number of hydrogen-bond donors (Lipinski definition) is 2. The van der Waals surface area contributed by atoms with Crippen molar-refractivity contribution in [3.63, 3.8) is 0 Å². The van der Waals surface area contributed by atoms with Crippen LogP contribution >= 0.6 is 0 Å². The Morgan fingerprint density at radius 1 is 1.29 bits per heavy atom. The van der Waals surface area contributed by atoms with Crippen molar-refractivity contribution in [1.82, 2.24) is 14.4 Å². The Labute approximate surface area is 198 Å². The Balaban J connectivity index is 1.64. The number of rotatable bonds is 8. The number of pyridine rings is 1. The fraction of sp³-hybridized carbons (Fsp3) is 0.520. The van der Waals surface area contributed by atoms with E-state index < -0.39 is 28.7 Å². The molecule has 3 heterocycles. The Morgan fingerprint density at radius 2 is 2.03 bits per heavy atom. The number of halogens is 2. The molecule has 1 aromatic carbocycles. The van der Waals surface area contributed by atoms with E-state index in [1.165, 1.54) is 21.6 Å². The van der Waals surface area contributed by atoms with E-state index in [1.807, 2.05) is 11.9 Å². The van der Waals surface area contributed by atoms with E-state index in [-0.39, 0.29) is 30.0 Å². The summed E-state index contributed by atoms with van der Waals surface area (Å²) < 4.78 is 31.1. The molecule has 1 aromatic heterocycles. The van der Waals surface area contributed by atoms with Crippen molar-refractivity contribution >= 4 is 17.3 Å². The molecule has 1 amide bonds. The molecule has 0 radical (unpaired) electrons. The second-order valence-corrected chi connectivity index (χ2v) is 9.66. The second-order valence-electron chi connectivity index (χ2n) is 9.66. The van der Waals surface area contributed by atoms with Crippen molar-refractivity contribution in [2.45, 2.75) is 51.7 Å². The highest BCUT2D eigenvalue weighted by Crippen LogP contribution is 2.33. The summed E-state index contributed by atoms with van der Waals surface area (Å²) in [5.41, 5.74) is -1.01. The first kappa shape index (κ1) is 24.3. The summed E-state index contributed by atoms with van der Waals surface area (Å²) in [6, 6.07) is 4.42. The highest BCUT2D eigenvalue weighted by molar-refractivity contribution is 6.02. The van der Waals surface area contributed by atoms with Crippen LogP contribution in [0, 0.1) is 18.6 Å². The minimum Gasteiger partial charge on any atom is -0.385 e. The Morgan fingerprint density at radius 3 is 2.71 bits per heavy atom. The molecule has 0 atom stereocenters. The van der Waals surface area contributed by atoms with Gasteiger partial charge in [-0.25, -0.2) is 4.39 Å². The zero-order valence-corrected chi connectivity index (χ0v) is 20.0. The topological polar surface area (TPSA) is 77.8 Å². The third-order valence-electron chi connectivity index (χ3n) is 6.63. The Hall–Kier alpha value is -2.78. The Bertz CT molecular complexity index is 1160. The summed E-state index contributed by atoms with van der Waals surface area (Å²) in [5.74, 6) is -2.18. The number of fused-ring (bicyclic) bond motifs is 1. The van der Waals surface area contributed by atoms with Crippen LogP contribution in [0.15, 0.2) is 23.0 Å². The fourth-order valence-corrected chi connectivity index (χ4v) is 4.92. The summed E-state index contributed by atoms with van der Waals surface area (Å²) in [4.78, 5) is 29.7. The normalized spacial score (nSPS) is 16.5. The van der Waals surface area contributed by atoms with Crippen molar-refractivity contribution in [3.05, 3.63) is 57.0 Å². The molecule has 0 bridgehead atoms. The Kier molecular flexibility index (Phi) is 6.78. The molecule has 2 aliphatic heterocycles. The summed E-state index contributed by atoms with van der Waals surface area (Å²) in [6.45, 7) is 5.66. The van der Waals surface area contributed by atoms with Crippen LogP contribution in [-0.2, 0) is 13.0 Å². The zero-order valence-electron chi connectivity index (χ0n) is 20.0. The van der Waals surface area contributed by atoms with Gasteiger partial charge in [0.05, 0.1) is 30.0 Å². The first-order valence-corrected chi connectivity index (χ1v) is 11.8. The van der Waals surface area contributed by atoms with Gasteiger partial charge in [0.15, 0.2) is 0 Å². The molecule has 0 unspecified atom stereocenters. The first-order valence-electron chi connectivity index (χ1n) is 11.8. The first-order chi connectivity index (χ1) is 16.1. The number of nitrogens with one attached hydrogen (secondary N) is 1. The maximum absolute atomic E-state index is 15.3. The molecule has 1 saturated heterocycles. The smallest absolute Gasteiger partial charge is 0.289 e. The minimum atomic E-state index is -1.11. The number of anilines is 2. The maximum atomic E-state index is 15.3. The van der Waals surface area contributed by atoms with Gasteiger partial charge in [0.1, 0.15) is 11.4 Å². The number of unbranched alkanes of at least 4 members (excludes halogenated alkanes) is 1. The van der Waals surface area contributed by atoms with Gasteiger partial charge < -0.3 is 24.8 Å². The van der Waals surface area contributed by atoms with Gasteiger partial charge in [-0.05, 0) is 57.5 Å². The van der Waals surface area contributed by atoms with Gasteiger partial charge in [-0.1, -0.05) is 19.4 Å². The van der Waals surface area contributed by atoms with Crippen LogP contribution < -0.4 is 10.9 Å². The van der Waals surface area contributed by atoms with Gasteiger partial charge in [0.2, 0.25) is 5.82 Å². The van der Waals surface area contributed by atoms with Crippen LogP contribution in [0.1, 0.15) is 47.8 Å². The molecule has 7 nitrogen and oxygen atoms in total. The summed E-state index contributed by atoms with van der Waals surface area (Å²) >= 11 is 0. The lowest BCUT2D eigenvalue weighted by atomic mass is 9.91.